The topological polar surface area (TPSA) is 87.1 Å². The van der Waals surface area contributed by atoms with Crippen molar-refractivity contribution in [2.45, 2.75) is 58.0 Å². The number of H-pyrrole nitrogens is 1. The van der Waals surface area contributed by atoms with Crippen LogP contribution in [0, 0.1) is 12.8 Å². The maximum absolute atomic E-state index is 13.2. The number of nitrogens with zero attached hydrogens (tertiary/aromatic N) is 5. The number of aryl methyl sites for hydroxylation is 2. The minimum atomic E-state index is -0.384. The number of nitrogens with one attached hydrogen (secondary N) is 1. The number of fused-ring (bicyclic) bond motifs is 2. The fourth-order valence-corrected chi connectivity index (χ4v) is 5.06. The zero-order valence-corrected chi connectivity index (χ0v) is 17.1. The normalized spacial score (nSPS) is 20.8. The van der Waals surface area contributed by atoms with Crippen LogP contribution in [0.1, 0.15) is 60.2 Å². The van der Waals surface area contributed by atoms with Gasteiger partial charge in [-0.3, -0.25) is 14.3 Å². The Morgan fingerprint density at radius 1 is 1.24 bits per heavy atom. The number of amides is 2. The molecule has 1 saturated carbocycles. The van der Waals surface area contributed by atoms with E-state index in [0.717, 1.165) is 55.7 Å². The first-order valence-electron chi connectivity index (χ1n) is 10.7. The lowest BCUT2D eigenvalue weighted by atomic mass is 9.78. The van der Waals surface area contributed by atoms with E-state index in [1.54, 1.807) is 11.0 Å². The van der Waals surface area contributed by atoms with Gasteiger partial charge in [0, 0.05) is 44.2 Å². The second-order valence-corrected chi connectivity index (χ2v) is 8.55. The van der Waals surface area contributed by atoms with Crippen LogP contribution in [0.3, 0.4) is 0 Å². The highest BCUT2D eigenvalue weighted by Crippen LogP contribution is 2.45. The van der Waals surface area contributed by atoms with Crippen LogP contribution in [0.2, 0.25) is 0 Å². The number of aromatic nitrogens is 4. The highest BCUT2D eigenvalue weighted by atomic mass is 16.2. The number of carbonyl (C=O) groups is 2. The summed E-state index contributed by atoms with van der Waals surface area (Å²) in [4.78, 5) is 38.2. The molecule has 8 nitrogen and oxygen atoms in total. The Morgan fingerprint density at radius 3 is 2.69 bits per heavy atom. The molecule has 0 bridgehead atoms. The maximum atomic E-state index is 13.2. The van der Waals surface area contributed by atoms with E-state index in [0.29, 0.717) is 25.3 Å². The van der Waals surface area contributed by atoms with Crippen molar-refractivity contribution in [2.24, 2.45) is 5.92 Å². The van der Waals surface area contributed by atoms with E-state index in [4.69, 9.17) is 0 Å². The van der Waals surface area contributed by atoms with E-state index >= 15 is 0 Å². The molecule has 2 aromatic rings. The molecule has 3 aliphatic rings. The molecule has 2 aliphatic heterocycles. The number of piperidine rings is 1. The molecule has 1 aliphatic carbocycles. The Balaban J connectivity index is 1.41. The van der Waals surface area contributed by atoms with Gasteiger partial charge in [-0.1, -0.05) is 0 Å². The van der Waals surface area contributed by atoms with Crippen LogP contribution in [0.4, 0.5) is 0 Å². The van der Waals surface area contributed by atoms with Gasteiger partial charge in [-0.2, -0.15) is 5.10 Å². The molecule has 4 heterocycles. The molecule has 154 valence electrons. The summed E-state index contributed by atoms with van der Waals surface area (Å²) >= 11 is 0. The SMILES string of the molecule is CCn1nc(C)cc1C(=O)N1CCC2(CC1)c1nc[nH]c1CCN2C(=O)C1CC1. The highest BCUT2D eigenvalue weighted by Gasteiger charge is 2.51. The summed E-state index contributed by atoms with van der Waals surface area (Å²) in [5, 5.41) is 4.41. The van der Waals surface area contributed by atoms with E-state index in [-0.39, 0.29) is 23.3 Å². The van der Waals surface area contributed by atoms with E-state index in [1.165, 1.54) is 0 Å². The van der Waals surface area contributed by atoms with Crippen molar-refractivity contribution in [2.75, 3.05) is 19.6 Å². The Labute approximate surface area is 170 Å². The number of hydrogen-bond donors (Lipinski definition) is 1. The van der Waals surface area contributed by atoms with Crippen LogP contribution < -0.4 is 0 Å². The van der Waals surface area contributed by atoms with Crippen molar-refractivity contribution in [1.82, 2.24) is 29.5 Å². The van der Waals surface area contributed by atoms with E-state index in [9.17, 15) is 9.59 Å². The van der Waals surface area contributed by atoms with Crippen molar-refractivity contribution < 1.29 is 9.59 Å². The summed E-state index contributed by atoms with van der Waals surface area (Å²) in [5.74, 6) is 0.493. The molecular formula is C21H28N6O2. The summed E-state index contributed by atoms with van der Waals surface area (Å²) < 4.78 is 1.78. The molecule has 5 rings (SSSR count). The molecular weight excluding hydrogens is 368 g/mol. The quantitative estimate of drug-likeness (QED) is 0.858. The van der Waals surface area contributed by atoms with Gasteiger partial charge in [-0.15, -0.1) is 0 Å². The Bertz CT molecular complexity index is 948. The van der Waals surface area contributed by atoms with E-state index in [2.05, 4.69) is 20.0 Å². The van der Waals surface area contributed by atoms with Crippen LogP contribution in [-0.4, -0.2) is 61.0 Å². The van der Waals surface area contributed by atoms with Gasteiger partial charge in [0.1, 0.15) is 5.69 Å². The maximum Gasteiger partial charge on any atom is 0.272 e. The van der Waals surface area contributed by atoms with Crippen molar-refractivity contribution >= 4 is 11.8 Å². The van der Waals surface area contributed by atoms with Gasteiger partial charge in [0.05, 0.1) is 23.3 Å². The first-order valence-corrected chi connectivity index (χ1v) is 10.7. The first kappa shape index (κ1) is 18.4. The van der Waals surface area contributed by atoms with Gasteiger partial charge in [0.15, 0.2) is 0 Å². The first-order chi connectivity index (χ1) is 14.0. The number of carbonyl (C=O) groups excluding carboxylic acids is 2. The number of aromatic amines is 1. The Hall–Kier alpha value is -2.64. The third kappa shape index (κ3) is 2.88. The molecule has 0 aromatic carbocycles. The largest absolute Gasteiger partial charge is 0.348 e. The predicted molar refractivity (Wildman–Crippen MR) is 106 cm³/mol. The molecule has 0 unspecified atom stereocenters. The van der Waals surface area contributed by atoms with Crippen molar-refractivity contribution in [3.05, 3.63) is 35.2 Å². The molecule has 1 saturated heterocycles. The second kappa shape index (κ2) is 6.71. The standard InChI is InChI=1S/C21H28N6O2/c1-3-27-17(12-14(2)24-27)20(29)25-10-7-21(8-11-25)18-16(22-13-23-18)6-9-26(21)19(28)15-4-5-15/h12-13,15H,3-11H2,1-2H3,(H,22,23). The van der Waals surface area contributed by atoms with Crippen LogP contribution in [0.25, 0.3) is 0 Å². The molecule has 1 N–H and O–H groups in total. The number of hydrogen-bond acceptors (Lipinski definition) is 4. The fourth-order valence-electron chi connectivity index (χ4n) is 5.06. The monoisotopic (exact) mass is 396 g/mol. The average molecular weight is 396 g/mol. The number of likely N-dealkylation sites (tertiary alicyclic amines) is 1. The summed E-state index contributed by atoms with van der Waals surface area (Å²) in [6.45, 7) is 6.56. The van der Waals surface area contributed by atoms with E-state index in [1.807, 2.05) is 24.8 Å². The van der Waals surface area contributed by atoms with Crippen LogP contribution in [0.15, 0.2) is 12.4 Å². The minimum absolute atomic E-state index is 0.0282. The van der Waals surface area contributed by atoms with Gasteiger partial charge in [0.25, 0.3) is 5.91 Å². The molecule has 0 radical (unpaired) electrons. The number of imidazole rings is 1. The smallest absolute Gasteiger partial charge is 0.272 e. The highest BCUT2D eigenvalue weighted by molar-refractivity contribution is 5.93. The molecule has 29 heavy (non-hydrogen) atoms. The summed E-state index contributed by atoms with van der Waals surface area (Å²) in [5.41, 5.74) is 3.28. The van der Waals surface area contributed by atoms with Crippen LogP contribution in [-0.2, 0) is 23.3 Å². The molecule has 0 atom stereocenters. The predicted octanol–water partition coefficient (Wildman–Crippen LogP) is 1.86. The Morgan fingerprint density at radius 2 is 2.00 bits per heavy atom. The van der Waals surface area contributed by atoms with Crippen LogP contribution >= 0.6 is 0 Å². The summed E-state index contributed by atoms with van der Waals surface area (Å²) in [7, 11) is 0. The summed E-state index contributed by atoms with van der Waals surface area (Å²) in [6, 6.07) is 1.87. The molecule has 8 heteroatoms. The van der Waals surface area contributed by atoms with Crippen molar-refractivity contribution in [3.63, 3.8) is 0 Å². The lowest BCUT2D eigenvalue weighted by Crippen LogP contribution is -2.59. The van der Waals surface area contributed by atoms with Gasteiger partial charge in [0.2, 0.25) is 5.91 Å². The van der Waals surface area contributed by atoms with Gasteiger partial charge < -0.3 is 14.8 Å². The van der Waals surface area contributed by atoms with Gasteiger partial charge in [-0.25, -0.2) is 4.98 Å². The minimum Gasteiger partial charge on any atom is -0.348 e. The van der Waals surface area contributed by atoms with E-state index < -0.39 is 0 Å². The third-order valence-corrected chi connectivity index (χ3v) is 6.75. The van der Waals surface area contributed by atoms with Gasteiger partial charge in [-0.05, 0) is 45.6 Å². The zero-order valence-electron chi connectivity index (χ0n) is 17.1. The lowest BCUT2D eigenvalue weighted by molar-refractivity contribution is -0.143. The second-order valence-electron chi connectivity index (χ2n) is 8.55. The fraction of sp³-hybridized carbons (Fsp3) is 0.619. The van der Waals surface area contributed by atoms with Crippen LogP contribution in [0.5, 0.6) is 0 Å². The Kier molecular flexibility index (Phi) is 4.26. The summed E-state index contributed by atoms with van der Waals surface area (Å²) in [6.07, 6.45) is 6.04. The third-order valence-electron chi connectivity index (χ3n) is 6.75. The number of rotatable bonds is 3. The average Bonchev–Trinajstić information content (AvgIpc) is 3.34. The lowest BCUT2D eigenvalue weighted by Gasteiger charge is -2.50. The van der Waals surface area contributed by atoms with Crippen molar-refractivity contribution in [3.8, 4) is 0 Å². The molecule has 1 spiro atoms. The molecule has 2 aromatic heterocycles. The zero-order chi connectivity index (χ0) is 20.2. The van der Waals surface area contributed by atoms with Gasteiger partial charge >= 0.3 is 0 Å². The van der Waals surface area contributed by atoms with Crippen molar-refractivity contribution in [1.29, 1.82) is 0 Å². The molecule has 2 fully saturated rings. The molecule has 2 amide bonds.